The number of anilines is 2. The predicted molar refractivity (Wildman–Crippen MR) is 103 cm³/mol. The molecule has 0 aliphatic carbocycles. The smallest absolute Gasteiger partial charge is 0.414 e. The molecular formula is C19H21FN4O5. The van der Waals surface area contributed by atoms with Gasteiger partial charge in [-0.3, -0.25) is 15.0 Å². The molecule has 1 fully saturated rings. The molecule has 9 nitrogen and oxygen atoms in total. The number of nitrogens with zero attached hydrogens (tertiary/aromatic N) is 1. The third-order valence-electron chi connectivity index (χ3n) is 4.25. The van der Waals surface area contributed by atoms with Crippen LogP contribution >= 0.6 is 0 Å². The zero-order chi connectivity index (χ0) is 21.0. The molecular weight excluding hydrogens is 383 g/mol. The van der Waals surface area contributed by atoms with Crippen LogP contribution in [0.25, 0.3) is 11.3 Å². The number of halogens is 1. The van der Waals surface area contributed by atoms with E-state index in [-0.39, 0.29) is 31.2 Å². The molecule has 29 heavy (non-hydrogen) atoms. The first-order valence-corrected chi connectivity index (χ1v) is 9.02. The second-order valence-corrected chi connectivity index (χ2v) is 6.33. The van der Waals surface area contributed by atoms with Gasteiger partial charge in [0.1, 0.15) is 11.9 Å². The molecule has 0 saturated carbocycles. The van der Waals surface area contributed by atoms with E-state index >= 15 is 0 Å². The predicted octanol–water partition coefficient (Wildman–Crippen LogP) is 2.85. The summed E-state index contributed by atoms with van der Waals surface area (Å²) in [6, 6.07) is 5.88. The van der Waals surface area contributed by atoms with Gasteiger partial charge >= 0.3 is 12.2 Å². The summed E-state index contributed by atoms with van der Waals surface area (Å²) in [6.07, 6.45) is -0.209. The van der Waals surface area contributed by atoms with Gasteiger partial charge in [-0.1, -0.05) is 0 Å². The Morgan fingerprint density at radius 3 is 2.86 bits per heavy atom. The SMILES string of the molecule is CCOC(=O)Nc1cc[nH]c1-c1ccc(N2CC(CNC(C)=O)OC2=O)cc1F. The van der Waals surface area contributed by atoms with Gasteiger partial charge in [0.25, 0.3) is 0 Å². The Kier molecular flexibility index (Phi) is 6.01. The Morgan fingerprint density at radius 2 is 2.17 bits per heavy atom. The number of carbonyl (C=O) groups excluding carboxylic acids is 3. The number of H-pyrrole nitrogens is 1. The van der Waals surface area contributed by atoms with E-state index in [9.17, 15) is 18.8 Å². The lowest BCUT2D eigenvalue weighted by Crippen LogP contribution is -2.33. The third-order valence-corrected chi connectivity index (χ3v) is 4.25. The van der Waals surface area contributed by atoms with Crippen molar-refractivity contribution >= 4 is 29.5 Å². The lowest BCUT2D eigenvalue weighted by atomic mass is 10.1. The molecule has 1 atom stereocenters. The number of rotatable bonds is 6. The number of carbonyl (C=O) groups is 3. The van der Waals surface area contributed by atoms with Crippen LogP contribution in [0.15, 0.2) is 30.5 Å². The summed E-state index contributed by atoms with van der Waals surface area (Å²) in [5.74, 6) is -0.817. The Labute approximate surface area is 166 Å². The minimum atomic E-state index is -0.643. The number of benzene rings is 1. The highest BCUT2D eigenvalue weighted by molar-refractivity contribution is 5.92. The highest BCUT2D eigenvalue weighted by Gasteiger charge is 2.32. The molecule has 1 aliphatic heterocycles. The fraction of sp³-hybridized carbons (Fsp3) is 0.316. The summed E-state index contributed by atoms with van der Waals surface area (Å²) in [5, 5.41) is 5.13. The second kappa shape index (κ2) is 8.63. The van der Waals surface area contributed by atoms with Crippen LogP contribution in [0.5, 0.6) is 0 Å². The van der Waals surface area contributed by atoms with Crippen LogP contribution in [-0.2, 0) is 14.3 Å². The summed E-state index contributed by atoms with van der Waals surface area (Å²) in [6.45, 7) is 3.64. The molecule has 10 heteroatoms. The molecule has 1 aliphatic rings. The third kappa shape index (κ3) is 4.65. The highest BCUT2D eigenvalue weighted by Crippen LogP contribution is 2.32. The first-order valence-electron chi connectivity index (χ1n) is 9.02. The van der Waals surface area contributed by atoms with Gasteiger partial charge < -0.3 is 19.8 Å². The van der Waals surface area contributed by atoms with Crippen molar-refractivity contribution in [2.45, 2.75) is 20.0 Å². The Morgan fingerprint density at radius 1 is 1.38 bits per heavy atom. The number of amides is 3. The van der Waals surface area contributed by atoms with Crippen LogP contribution in [-0.4, -0.2) is 48.9 Å². The molecule has 1 aromatic carbocycles. The molecule has 3 rings (SSSR count). The van der Waals surface area contributed by atoms with E-state index in [1.807, 2.05) is 0 Å². The van der Waals surface area contributed by atoms with Crippen molar-refractivity contribution in [2.75, 3.05) is 29.9 Å². The van der Waals surface area contributed by atoms with E-state index in [4.69, 9.17) is 9.47 Å². The quantitative estimate of drug-likeness (QED) is 0.685. The van der Waals surface area contributed by atoms with E-state index in [2.05, 4.69) is 15.6 Å². The first kappa shape index (κ1) is 20.2. The van der Waals surface area contributed by atoms with Crippen LogP contribution in [0.1, 0.15) is 13.8 Å². The standard InChI is InChI=1S/C19H21FN4O5/c1-3-28-18(26)23-16-6-7-21-17(16)14-5-4-12(8-15(14)20)24-10-13(29-19(24)27)9-22-11(2)25/h4-8,13,21H,3,9-10H2,1-2H3,(H,22,25)(H,23,26). The normalized spacial score (nSPS) is 15.8. The summed E-state index contributed by atoms with van der Waals surface area (Å²) in [4.78, 5) is 38.9. The highest BCUT2D eigenvalue weighted by atomic mass is 19.1. The van der Waals surface area contributed by atoms with Gasteiger partial charge in [-0.2, -0.15) is 0 Å². The van der Waals surface area contributed by atoms with Crippen molar-refractivity contribution in [1.82, 2.24) is 10.3 Å². The van der Waals surface area contributed by atoms with Crippen molar-refractivity contribution in [3.63, 3.8) is 0 Å². The lowest BCUT2D eigenvalue weighted by molar-refractivity contribution is -0.119. The topological polar surface area (TPSA) is 113 Å². The average molecular weight is 404 g/mol. The summed E-state index contributed by atoms with van der Waals surface area (Å²) >= 11 is 0. The molecule has 0 spiro atoms. The maximum atomic E-state index is 14.8. The minimum absolute atomic E-state index is 0.184. The number of hydrogen-bond donors (Lipinski definition) is 3. The molecule has 1 saturated heterocycles. The van der Waals surface area contributed by atoms with E-state index in [0.717, 1.165) is 0 Å². The maximum absolute atomic E-state index is 14.8. The molecule has 0 bridgehead atoms. The summed E-state index contributed by atoms with van der Waals surface area (Å²) < 4.78 is 24.8. The summed E-state index contributed by atoms with van der Waals surface area (Å²) in [5.41, 5.74) is 1.28. The zero-order valence-corrected chi connectivity index (χ0v) is 16.0. The minimum Gasteiger partial charge on any atom is -0.450 e. The van der Waals surface area contributed by atoms with Crippen molar-refractivity contribution in [3.05, 3.63) is 36.3 Å². The van der Waals surface area contributed by atoms with Crippen LogP contribution < -0.4 is 15.5 Å². The molecule has 3 N–H and O–H groups in total. The van der Waals surface area contributed by atoms with Crippen LogP contribution in [0.2, 0.25) is 0 Å². The molecule has 0 radical (unpaired) electrons. The maximum Gasteiger partial charge on any atom is 0.414 e. The largest absolute Gasteiger partial charge is 0.450 e. The van der Waals surface area contributed by atoms with E-state index in [0.29, 0.717) is 17.1 Å². The van der Waals surface area contributed by atoms with Gasteiger partial charge in [0, 0.05) is 18.7 Å². The number of aromatic nitrogens is 1. The molecule has 154 valence electrons. The van der Waals surface area contributed by atoms with Crippen molar-refractivity contribution in [3.8, 4) is 11.3 Å². The van der Waals surface area contributed by atoms with Crippen LogP contribution in [0.3, 0.4) is 0 Å². The average Bonchev–Trinajstić information content (AvgIpc) is 3.26. The number of hydrogen-bond acceptors (Lipinski definition) is 5. The molecule has 1 aromatic heterocycles. The van der Waals surface area contributed by atoms with Gasteiger partial charge in [0.05, 0.1) is 36.8 Å². The van der Waals surface area contributed by atoms with Gasteiger partial charge in [0.2, 0.25) is 5.91 Å². The molecule has 2 heterocycles. The zero-order valence-electron chi connectivity index (χ0n) is 16.0. The fourth-order valence-electron chi connectivity index (χ4n) is 2.94. The fourth-order valence-corrected chi connectivity index (χ4v) is 2.94. The van der Waals surface area contributed by atoms with Gasteiger partial charge in [-0.15, -0.1) is 0 Å². The molecule has 2 aromatic rings. The van der Waals surface area contributed by atoms with Crippen molar-refractivity contribution < 1.29 is 28.2 Å². The van der Waals surface area contributed by atoms with Crippen molar-refractivity contribution in [1.29, 1.82) is 0 Å². The summed E-state index contributed by atoms with van der Waals surface area (Å²) in [7, 11) is 0. The number of aromatic amines is 1. The van der Waals surface area contributed by atoms with Gasteiger partial charge in [-0.25, -0.2) is 14.0 Å². The van der Waals surface area contributed by atoms with Gasteiger partial charge in [-0.05, 0) is 31.2 Å². The number of ether oxygens (including phenoxy) is 2. The van der Waals surface area contributed by atoms with E-state index in [1.165, 1.54) is 24.0 Å². The monoisotopic (exact) mass is 404 g/mol. The van der Waals surface area contributed by atoms with Gasteiger partial charge in [0.15, 0.2) is 0 Å². The first-order chi connectivity index (χ1) is 13.9. The number of cyclic esters (lactones) is 1. The molecule has 3 amide bonds. The van der Waals surface area contributed by atoms with E-state index in [1.54, 1.807) is 25.3 Å². The second-order valence-electron chi connectivity index (χ2n) is 6.33. The Hall–Kier alpha value is -3.56. The van der Waals surface area contributed by atoms with Crippen molar-refractivity contribution in [2.24, 2.45) is 0 Å². The van der Waals surface area contributed by atoms with E-state index < -0.39 is 24.1 Å². The Bertz CT molecular complexity index is 929. The Balaban J connectivity index is 1.76. The number of nitrogens with one attached hydrogen (secondary N) is 3. The molecule has 1 unspecified atom stereocenters. The van der Waals surface area contributed by atoms with Crippen LogP contribution in [0.4, 0.5) is 25.4 Å². The lowest BCUT2D eigenvalue weighted by Gasteiger charge is -2.15. The van der Waals surface area contributed by atoms with Crippen LogP contribution in [0, 0.1) is 5.82 Å².